The predicted molar refractivity (Wildman–Crippen MR) is 57.9 cm³/mol. The summed E-state index contributed by atoms with van der Waals surface area (Å²) in [7, 11) is 0. The van der Waals surface area contributed by atoms with Gasteiger partial charge >= 0.3 is 0 Å². The van der Waals surface area contributed by atoms with Crippen molar-refractivity contribution in [2.45, 2.75) is 13.3 Å². The fraction of sp³-hybridized carbons (Fsp3) is 0.154. The van der Waals surface area contributed by atoms with E-state index in [9.17, 15) is 13.6 Å². The summed E-state index contributed by atoms with van der Waals surface area (Å²) in [6.07, 6.45) is 0.194. The van der Waals surface area contributed by atoms with Gasteiger partial charge in [-0.2, -0.15) is 0 Å². The van der Waals surface area contributed by atoms with Crippen LogP contribution in [0, 0.1) is 11.6 Å². The predicted octanol–water partition coefficient (Wildman–Crippen LogP) is 3.35. The molecule has 1 aromatic heterocycles. The summed E-state index contributed by atoms with van der Waals surface area (Å²) >= 11 is 0. The topological polar surface area (TPSA) is 30.2 Å². The quantitative estimate of drug-likeness (QED) is 0.765. The van der Waals surface area contributed by atoms with Crippen molar-refractivity contribution >= 4 is 5.78 Å². The molecule has 2 aromatic rings. The van der Waals surface area contributed by atoms with Crippen molar-refractivity contribution in [2.75, 3.05) is 0 Å². The molecule has 1 aromatic carbocycles. The Morgan fingerprint density at radius 1 is 1.24 bits per heavy atom. The molecule has 0 aliphatic rings. The van der Waals surface area contributed by atoms with Crippen LogP contribution >= 0.6 is 0 Å². The van der Waals surface area contributed by atoms with Crippen LogP contribution in [-0.2, 0) is 6.42 Å². The molecular formula is C13H10F2O2. The zero-order chi connectivity index (χ0) is 12.4. The van der Waals surface area contributed by atoms with E-state index < -0.39 is 11.6 Å². The van der Waals surface area contributed by atoms with Gasteiger partial charge in [0, 0.05) is 19.4 Å². The molecule has 0 bridgehead atoms. The van der Waals surface area contributed by atoms with Gasteiger partial charge in [-0.3, -0.25) is 4.79 Å². The van der Waals surface area contributed by atoms with Gasteiger partial charge in [0.15, 0.2) is 11.5 Å². The summed E-state index contributed by atoms with van der Waals surface area (Å²) in [5, 5.41) is 0. The Morgan fingerprint density at radius 3 is 2.59 bits per heavy atom. The summed E-state index contributed by atoms with van der Waals surface area (Å²) in [4.78, 5) is 11.0. The molecule has 0 amide bonds. The van der Waals surface area contributed by atoms with E-state index in [1.807, 2.05) is 0 Å². The monoisotopic (exact) mass is 236 g/mol. The first-order valence-corrected chi connectivity index (χ1v) is 5.10. The van der Waals surface area contributed by atoms with Crippen molar-refractivity contribution in [3.8, 4) is 0 Å². The third-order valence-corrected chi connectivity index (χ3v) is 2.39. The van der Waals surface area contributed by atoms with Gasteiger partial charge in [-0.25, -0.2) is 8.78 Å². The molecule has 0 spiro atoms. The third kappa shape index (κ3) is 2.58. The van der Waals surface area contributed by atoms with Crippen molar-refractivity contribution < 1.29 is 18.0 Å². The van der Waals surface area contributed by atoms with E-state index in [0.717, 1.165) is 6.07 Å². The normalized spacial score (nSPS) is 10.5. The second kappa shape index (κ2) is 4.49. The van der Waals surface area contributed by atoms with Gasteiger partial charge in [0.05, 0.1) is 0 Å². The highest BCUT2D eigenvalue weighted by molar-refractivity contribution is 5.91. The highest BCUT2D eigenvalue weighted by Gasteiger charge is 2.09. The Hall–Kier alpha value is -1.97. The number of ketones is 1. The fourth-order valence-electron chi connectivity index (χ4n) is 1.51. The Bertz CT molecular complexity index is 558. The second-order valence-corrected chi connectivity index (χ2v) is 3.73. The van der Waals surface area contributed by atoms with Crippen LogP contribution in [0.3, 0.4) is 0 Å². The Morgan fingerprint density at radius 2 is 2.00 bits per heavy atom. The molecule has 0 unspecified atom stereocenters. The van der Waals surface area contributed by atoms with E-state index in [1.54, 1.807) is 12.1 Å². The molecule has 0 aliphatic carbocycles. The van der Waals surface area contributed by atoms with Gasteiger partial charge in [-0.05, 0) is 23.8 Å². The molecule has 0 saturated carbocycles. The largest absolute Gasteiger partial charge is 0.458 e. The maximum Gasteiger partial charge on any atom is 0.194 e. The van der Waals surface area contributed by atoms with Crippen LogP contribution in [0.5, 0.6) is 0 Å². The second-order valence-electron chi connectivity index (χ2n) is 3.73. The first-order valence-electron chi connectivity index (χ1n) is 5.10. The van der Waals surface area contributed by atoms with Crippen LogP contribution in [0.25, 0.3) is 0 Å². The van der Waals surface area contributed by atoms with E-state index in [-0.39, 0.29) is 18.0 Å². The lowest BCUT2D eigenvalue weighted by Gasteiger charge is -2.00. The summed E-state index contributed by atoms with van der Waals surface area (Å²) in [5.74, 6) is -0.708. The van der Waals surface area contributed by atoms with Gasteiger partial charge in [0.1, 0.15) is 17.4 Å². The molecule has 88 valence electrons. The van der Waals surface area contributed by atoms with E-state index in [4.69, 9.17) is 4.42 Å². The number of benzene rings is 1. The molecular weight excluding hydrogens is 226 g/mol. The van der Waals surface area contributed by atoms with Crippen LogP contribution in [-0.4, -0.2) is 5.78 Å². The zero-order valence-corrected chi connectivity index (χ0v) is 9.17. The lowest BCUT2D eigenvalue weighted by atomic mass is 10.1. The number of hydrogen-bond acceptors (Lipinski definition) is 2. The first-order chi connectivity index (χ1) is 8.06. The molecule has 0 aliphatic heterocycles. The van der Waals surface area contributed by atoms with Crippen molar-refractivity contribution in [3.63, 3.8) is 0 Å². The average molecular weight is 236 g/mol. The van der Waals surface area contributed by atoms with Crippen LogP contribution in [0.4, 0.5) is 8.78 Å². The van der Waals surface area contributed by atoms with E-state index in [2.05, 4.69) is 0 Å². The molecule has 1 heterocycles. The molecule has 17 heavy (non-hydrogen) atoms. The minimum absolute atomic E-state index is 0.184. The van der Waals surface area contributed by atoms with Gasteiger partial charge in [-0.1, -0.05) is 6.07 Å². The third-order valence-electron chi connectivity index (χ3n) is 2.39. The van der Waals surface area contributed by atoms with Crippen LogP contribution < -0.4 is 0 Å². The highest BCUT2D eigenvalue weighted by atomic mass is 19.1. The molecule has 4 heteroatoms. The van der Waals surface area contributed by atoms with Gasteiger partial charge < -0.3 is 4.42 Å². The Kier molecular flexibility index (Phi) is 3.04. The zero-order valence-electron chi connectivity index (χ0n) is 9.17. The van der Waals surface area contributed by atoms with E-state index in [0.29, 0.717) is 11.3 Å². The number of carbonyl (C=O) groups is 1. The molecule has 0 radical (unpaired) electrons. The summed E-state index contributed by atoms with van der Waals surface area (Å²) in [6, 6.07) is 6.52. The van der Waals surface area contributed by atoms with Crippen molar-refractivity contribution in [3.05, 3.63) is 59.1 Å². The molecule has 0 N–H and O–H groups in total. The minimum atomic E-state index is -0.620. The van der Waals surface area contributed by atoms with Gasteiger partial charge in [-0.15, -0.1) is 0 Å². The lowest BCUT2D eigenvalue weighted by Crippen LogP contribution is -1.92. The standard InChI is InChI=1S/C13H10F2O2/c1-8(16)13-5-4-11(17-13)6-9-2-3-10(14)7-12(9)15/h2-5,7H,6H2,1H3. The first kappa shape index (κ1) is 11.5. The summed E-state index contributed by atoms with van der Waals surface area (Å²) < 4.78 is 31.3. The number of Topliss-reactive ketones (excluding diaryl/α,β-unsaturated/α-hetero) is 1. The smallest absolute Gasteiger partial charge is 0.194 e. The molecule has 0 fully saturated rings. The number of carbonyl (C=O) groups excluding carboxylic acids is 1. The van der Waals surface area contributed by atoms with Crippen LogP contribution in [0.15, 0.2) is 34.7 Å². The lowest BCUT2D eigenvalue weighted by molar-refractivity contribution is 0.0985. The van der Waals surface area contributed by atoms with Crippen molar-refractivity contribution in [1.29, 1.82) is 0 Å². The van der Waals surface area contributed by atoms with Crippen LogP contribution in [0.2, 0.25) is 0 Å². The maximum atomic E-state index is 13.4. The molecule has 0 atom stereocenters. The number of hydrogen-bond donors (Lipinski definition) is 0. The van der Waals surface area contributed by atoms with E-state index >= 15 is 0 Å². The van der Waals surface area contributed by atoms with Gasteiger partial charge in [0.2, 0.25) is 0 Å². The number of furan rings is 1. The van der Waals surface area contributed by atoms with Crippen molar-refractivity contribution in [2.24, 2.45) is 0 Å². The average Bonchev–Trinajstić information content (AvgIpc) is 2.71. The summed E-state index contributed by atoms with van der Waals surface area (Å²) in [6.45, 7) is 1.39. The van der Waals surface area contributed by atoms with Crippen LogP contribution in [0.1, 0.15) is 28.8 Å². The fourth-order valence-corrected chi connectivity index (χ4v) is 1.51. The SMILES string of the molecule is CC(=O)c1ccc(Cc2ccc(F)cc2F)o1. The number of halogens is 2. The highest BCUT2D eigenvalue weighted by Crippen LogP contribution is 2.17. The van der Waals surface area contributed by atoms with Crippen molar-refractivity contribution in [1.82, 2.24) is 0 Å². The molecule has 0 saturated heterocycles. The molecule has 2 nitrogen and oxygen atoms in total. The minimum Gasteiger partial charge on any atom is -0.458 e. The summed E-state index contributed by atoms with van der Waals surface area (Å²) in [5.41, 5.74) is 0.329. The number of rotatable bonds is 3. The maximum absolute atomic E-state index is 13.4. The van der Waals surface area contributed by atoms with Gasteiger partial charge in [0.25, 0.3) is 0 Å². The van der Waals surface area contributed by atoms with E-state index in [1.165, 1.54) is 19.1 Å². The Balaban J connectivity index is 2.22. The Labute approximate surface area is 96.9 Å². The molecule has 2 rings (SSSR count).